The van der Waals surface area contributed by atoms with Gasteiger partial charge in [-0.1, -0.05) is 12.8 Å². The van der Waals surface area contributed by atoms with Gasteiger partial charge < -0.3 is 10.4 Å². The number of aliphatic hydroxyl groups is 1. The first-order valence-corrected chi connectivity index (χ1v) is 6.60. The molecule has 0 heterocycles. The Morgan fingerprint density at radius 1 is 1.07 bits per heavy atom. The number of sulfonamides is 1. The van der Waals surface area contributed by atoms with E-state index in [-0.39, 0.29) is 12.4 Å². The van der Waals surface area contributed by atoms with Crippen LogP contribution in [0.15, 0.2) is 0 Å². The van der Waals surface area contributed by atoms with Crippen LogP contribution in [-0.4, -0.2) is 39.0 Å². The Kier molecular flexibility index (Phi) is 8.07. The average molecular weight is 224 g/mol. The SMILES string of the molecule is NS(=O)(=O)CCNCCCCCCO. The van der Waals surface area contributed by atoms with Crippen LogP contribution < -0.4 is 10.5 Å². The van der Waals surface area contributed by atoms with Crippen molar-refractivity contribution in [2.75, 3.05) is 25.4 Å². The van der Waals surface area contributed by atoms with Crippen LogP contribution in [0.25, 0.3) is 0 Å². The molecule has 0 atom stereocenters. The van der Waals surface area contributed by atoms with E-state index in [0.717, 1.165) is 32.2 Å². The molecule has 0 aliphatic rings. The number of hydrogen-bond acceptors (Lipinski definition) is 4. The fourth-order valence-electron chi connectivity index (χ4n) is 1.05. The van der Waals surface area contributed by atoms with E-state index in [9.17, 15) is 8.42 Å². The first-order chi connectivity index (χ1) is 6.56. The molecule has 86 valence electrons. The number of nitrogens with two attached hydrogens (primary N) is 1. The Bertz CT molecular complexity index is 217. The van der Waals surface area contributed by atoms with E-state index in [0.29, 0.717) is 6.54 Å². The van der Waals surface area contributed by atoms with E-state index >= 15 is 0 Å². The zero-order valence-electron chi connectivity index (χ0n) is 8.41. The highest BCUT2D eigenvalue weighted by atomic mass is 32.2. The Balaban J connectivity index is 3.07. The Labute approximate surface area is 85.7 Å². The molecule has 0 aromatic carbocycles. The summed E-state index contributed by atoms with van der Waals surface area (Å²) in [4.78, 5) is 0. The predicted molar refractivity (Wildman–Crippen MR) is 56.4 cm³/mol. The third-order valence-electron chi connectivity index (χ3n) is 1.83. The second-order valence-electron chi connectivity index (χ2n) is 3.25. The van der Waals surface area contributed by atoms with Gasteiger partial charge in [-0.3, -0.25) is 0 Å². The molecule has 0 aromatic heterocycles. The third kappa shape index (κ3) is 11.8. The molecule has 0 saturated carbocycles. The number of hydrogen-bond donors (Lipinski definition) is 3. The molecule has 14 heavy (non-hydrogen) atoms. The molecule has 0 spiro atoms. The summed E-state index contributed by atoms with van der Waals surface area (Å²) in [5.41, 5.74) is 0. The lowest BCUT2D eigenvalue weighted by Gasteiger charge is -2.03. The molecular weight excluding hydrogens is 204 g/mol. The average Bonchev–Trinajstić information content (AvgIpc) is 2.08. The lowest BCUT2D eigenvalue weighted by atomic mass is 10.2. The van der Waals surface area contributed by atoms with Crippen molar-refractivity contribution in [3.8, 4) is 0 Å². The minimum absolute atomic E-state index is 0.0103. The lowest BCUT2D eigenvalue weighted by molar-refractivity contribution is 0.282. The molecule has 0 aliphatic heterocycles. The van der Waals surface area contributed by atoms with Crippen LogP contribution in [0.2, 0.25) is 0 Å². The standard InChI is InChI=1S/C8H20N2O3S/c9-14(12,13)8-6-10-5-3-1-2-4-7-11/h10-11H,1-8H2,(H2,9,12,13). The van der Waals surface area contributed by atoms with Crippen molar-refractivity contribution in [3.63, 3.8) is 0 Å². The van der Waals surface area contributed by atoms with E-state index in [1.165, 1.54) is 0 Å². The van der Waals surface area contributed by atoms with Gasteiger partial charge in [0, 0.05) is 13.2 Å². The van der Waals surface area contributed by atoms with Gasteiger partial charge in [0.25, 0.3) is 0 Å². The summed E-state index contributed by atoms with van der Waals surface area (Å²) < 4.78 is 21.0. The molecule has 0 aliphatic carbocycles. The maximum Gasteiger partial charge on any atom is 0.210 e. The maximum atomic E-state index is 10.5. The fourth-order valence-corrected chi connectivity index (χ4v) is 1.48. The summed E-state index contributed by atoms with van der Waals surface area (Å²) in [5, 5.41) is 16.3. The summed E-state index contributed by atoms with van der Waals surface area (Å²) >= 11 is 0. The largest absolute Gasteiger partial charge is 0.396 e. The third-order valence-corrected chi connectivity index (χ3v) is 2.60. The molecule has 0 saturated heterocycles. The summed E-state index contributed by atoms with van der Waals surface area (Å²) in [6, 6.07) is 0. The predicted octanol–water partition coefficient (Wildman–Crippen LogP) is -0.583. The van der Waals surface area contributed by atoms with E-state index in [1.807, 2.05) is 0 Å². The minimum atomic E-state index is -3.32. The monoisotopic (exact) mass is 224 g/mol. The first kappa shape index (κ1) is 13.8. The van der Waals surface area contributed by atoms with E-state index < -0.39 is 10.0 Å². The molecule has 6 heteroatoms. The van der Waals surface area contributed by atoms with E-state index in [4.69, 9.17) is 10.2 Å². The first-order valence-electron chi connectivity index (χ1n) is 4.88. The number of nitrogens with one attached hydrogen (secondary N) is 1. The van der Waals surface area contributed by atoms with Crippen LogP contribution in [0.5, 0.6) is 0 Å². The molecule has 0 bridgehead atoms. The highest BCUT2D eigenvalue weighted by Crippen LogP contribution is 1.97. The van der Waals surface area contributed by atoms with Gasteiger partial charge in [0.2, 0.25) is 10.0 Å². The molecule has 0 fully saturated rings. The van der Waals surface area contributed by atoms with Crippen LogP contribution in [0.3, 0.4) is 0 Å². The van der Waals surface area contributed by atoms with E-state index in [2.05, 4.69) is 5.32 Å². The number of unbranched alkanes of at least 4 members (excludes halogenated alkanes) is 3. The molecule has 0 rings (SSSR count). The molecule has 0 radical (unpaired) electrons. The highest BCUT2D eigenvalue weighted by molar-refractivity contribution is 7.89. The lowest BCUT2D eigenvalue weighted by Crippen LogP contribution is -2.27. The summed E-state index contributed by atoms with van der Waals surface area (Å²) in [7, 11) is -3.32. The van der Waals surface area contributed by atoms with Gasteiger partial charge >= 0.3 is 0 Å². The van der Waals surface area contributed by atoms with Crippen LogP contribution in [-0.2, 0) is 10.0 Å². The van der Waals surface area contributed by atoms with Crippen LogP contribution in [0, 0.1) is 0 Å². The van der Waals surface area contributed by atoms with Crippen molar-refractivity contribution in [1.82, 2.24) is 5.32 Å². The van der Waals surface area contributed by atoms with Crippen molar-refractivity contribution >= 4 is 10.0 Å². The zero-order chi connectivity index (χ0) is 10.9. The van der Waals surface area contributed by atoms with Crippen molar-refractivity contribution in [2.45, 2.75) is 25.7 Å². The highest BCUT2D eigenvalue weighted by Gasteiger charge is 2.00. The Hall–Kier alpha value is -0.170. The molecule has 0 amide bonds. The van der Waals surface area contributed by atoms with Gasteiger partial charge in [0.05, 0.1) is 5.75 Å². The van der Waals surface area contributed by atoms with Crippen molar-refractivity contribution in [2.24, 2.45) is 5.14 Å². The van der Waals surface area contributed by atoms with Gasteiger partial charge in [-0.15, -0.1) is 0 Å². The maximum absolute atomic E-state index is 10.5. The Morgan fingerprint density at radius 2 is 1.71 bits per heavy atom. The van der Waals surface area contributed by atoms with Gasteiger partial charge in [-0.2, -0.15) is 0 Å². The summed E-state index contributed by atoms with van der Waals surface area (Å²) in [6.45, 7) is 1.47. The quantitative estimate of drug-likeness (QED) is 0.457. The van der Waals surface area contributed by atoms with Crippen molar-refractivity contribution in [3.05, 3.63) is 0 Å². The second-order valence-corrected chi connectivity index (χ2v) is 4.99. The van der Waals surface area contributed by atoms with Gasteiger partial charge in [-0.25, -0.2) is 13.6 Å². The molecule has 5 nitrogen and oxygen atoms in total. The summed E-state index contributed by atoms with van der Waals surface area (Å²) in [6.07, 6.45) is 3.93. The minimum Gasteiger partial charge on any atom is -0.396 e. The van der Waals surface area contributed by atoms with Crippen molar-refractivity contribution in [1.29, 1.82) is 0 Å². The fraction of sp³-hybridized carbons (Fsp3) is 1.00. The van der Waals surface area contributed by atoms with Gasteiger partial charge in [0.1, 0.15) is 0 Å². The number of rotatable bonds is 9. The van der Waals surface area contributed by atoms with Crippen LogP contribution in [0.1, 0.15) is 25.7 Å². The van der Waals surface area contributed by atoms with Crippen molar-refractivity contribution < 1.29 is 13.5 Å². The van der Waals surface area contributed by atoms with Crippen LogP contribution >= 0.6 is 0 Å². The number of aliphatic hydroxyl groups excluding tert-OH is 1. The number of primary sulfonamides is 1. The molecule has 0 unspecified atom stereocenters. The van der Waals surface area contributed by atoms with Gasteiger partial charge in [0.15, 0.2) is 0 Å². The molecule has 4 N–H and O–H groups in total. The second kappa shape index (κ2) is 8.16. The topological polar surface area (TPSA) is 92.4 Å². The van der Waals surface area contributed by atoms with E-state index in [1.54, 1.807) is 0 Å². The Morgan fingerprint density at radius 3 is 2.29 bits per heavy atom. The smallest absolute Gasteiger partial charge is 0.210 e. The van der Waals surface area contributed by atoms with Gasteiger partial charge in [-0.05, 0) is 19.4 Å². The molecular formula is C8H20N2O3S. The summed E-state index contributed by atoms with van der Waals surface area (Å²) in [5.74, 6) is -0.0103. The zero-order valence-corrected chi connectivity index (χ0v) is 9.22. The van der Waals surface area contributed by atoms with Crippen LogP contribution in [0.4, 0.5) is 0 Å². The molecule has 0 aromatic rings. The normalized spacial score (nSPS) is 11.9.